The summed E-state index contributed by atoms with van der Waals surface area (Å²) < 4.78 is 0. The molecule has 1 aromatic rings. The third-order valence-corrected chi connectivity index (χ3v) is 4.72. The summed E-state index contributed by atoms with van der Waals surface area (Å²) in [4.78, 5) is 26.2. The van der Waals surface area contributed by atoms with Crippen LogP contribution in [-0.2, 0) is 4.79 Å². The van der Waals surface area contributed by atoms with E-state index in [1.807, 2.05) is 24.3 Å². The number of rotatable bonds is 3. The summed E-state index contributed by atoms with van der Waals surface area (Å²) >= 11 is 1.65. The number of thioether (sulfide) groups is 1. The maximum absolute atomic E-state index is 12.4. The molecule has 5 heteroatoms. The molecule has 4 nitrogen and oxygen atoms in total. The molecule has 0 saturated carbocycles. The van der Waals surface area contributed by atoms with E-state index >= 15 is 0 Å². The number of hydrogen-bond acceptors (Lipinski definition) is 3. The summed E-state index contributed by atoms with van der Waals surface area (Å²) in [5.74, 6) is 0.508. The van der Waals surface area contributed by atoms with Gasteiger partial charge in [-0.2, -0.15) is 0 Å². The van der Waals surface area contributed by atoms with E-state index in [-0.39, 0.29) is 23.2 Å². The van der Waals surface area contributed by atoms with Gasteiger partial charge in [-0.15, -0.1) is 18.3 Å². The van der Waals surface area contributed by atoms with Crippen LogP contribution in [0.5, 0.6) is 0 Å². The molecule has 2 aliphatic heterocycles. The molecule has 0 aliphatic carbocycles. The number of carbonyl (C=O) groups excluding carboxylic acids is 2. The van der Waals surface area contributed by atoms with E-state index in [1.54, 1.807) is 22.7 Å². The molecule has 0 spiro atoms. The van der Waals surface area contributed by atoms with E-state index < -0.39 is 0 Å². The van der Waals surface area contributed by atoms with Gasteiger partial charge in [0.2, 0.25) is 5.91 Å². The topological polar surface area (TPSA) is 49.4 Å². The molecule has 3 rings (SSSR count). The van der Waals surface area contributed by atoms with Crippen molar-refractivity contribution in [2.75, 3.05) is 12.3 Å². The summed E-state index contributed by atoms with van der Waals surface area (Å²) in [5.41, 5.74) is 1.75. The minimum absolute atomic E-state index is 0.0109. The van der Waals surface area contributed by atoms with Crippen LogP contribution in [0.3, 0.4) is 0 Å². The van der Waals surface area contributed by atoms with Crippen molar-refractivity contribution in [2.45, 2.75) is 11.4 Å². The van der Waals surface area contributed by atoms with Crippen LogP contribution in [0.15, 0.2) is 36.9 Å². The Hall–Kier alpha value is -1.75. The summed E-state index contributed by atoms with van der Waals surface area (Å²) in [6.07, 6.45) is 1.64. The number of fused-ring (bicyclic) bond motifs is 3. The number of nitrogens with one attached hydrogen (secondary N) is 1. The molecule has 98 valence electrons. The average Bonchev–Trinajstić information content (AvgIpc) is 2.98. The number of hydrogen-bond donors (Lipinski definition) is 1. The molecule has 1 aromatic carbocycles. The lowest BCUT2D eigenvalue weighted by atomic mass is 10.1. The van der Waals surface area contributed by atoms with Crippen LogP contribution < -0.4 is 5.32 Å². The SMILES string of the molecule is C=CCNC(=O)[C@H]1CS[C@H]2c3ccccc3C(=O)N12. The van der Waals surface area contributed by atoms with E-state index in [0.717, 1.165) is 11.1 Å². The van der Waals surface area contributed by atoms with Crippen LogP contribution in [-0.4, -0.2) is 35.1 Å². The highest BCUT2D eigenvalue weighted by Gasteiger charge is 2.48. The molecule has 0 radical (unpaired) electrons. The van der Waals surface area contributed by atoms with Crippen molar-refractivity contribution >= 4 is 23.6 Å². The first-order valence-corrected chi connectivity index (χ1v) is 7.20. The lowest BCUT2D eigenvalue weighted by Crippen LogP contribution is -2.45. The van der Waals surface area contributed by atoms with Gasteiger partial charge in [0.05, 0.1) is 0 Å². The molecule has 0 unspecified atom stereocenters. The van der Waals surface area contributed by atoms with E-state index in [1.165, 1.54) is 0 Å². The minimum atomic E-state index is -0.380. The number of benzene rings is 1. The van der Waals surface area contributed by atoms with Crippen LogP contribution in [0.25, 0.3) is 0 Å². The summed E-state index contributed by atoms with van der Waals surface area (Å²) in [7, 11) is 0. The fourth-order valence-electron chi connectivity index (χ4n) is 2.53. The Labute approximate surface area is 115 Å². The summed E-state index contributed by atoms with van der Waals surface area (Å²) in [6, 6.07) is 7.21. The molecule has 2 heterocycles. The van der Waals surface area contributed by atoms with Gasteiger partial charge in [-0.25, -0.2) is 0 Å². The van der Waals surface area contributed by atoms with Gasteiger partial charge in [0.1, 0.15) is 11.4 Å². The molecule has 1 fully saturated rings. The van der Waals surface area contributed by atoms with Crippen LogP contribution in [0, 0.1) is 0 Å². The van der Waals surface area contributed by atoms with Gasteiger partial charge < -0.3 is 10.2 Å². The molecular weight excluding hydrogens is 260 g/mol. The molecule has 0 bridgehead atoms. The largest absolute Gasteiger partial charge is 0.351 e. The quantitative estimate of drug-likeness (QED) is 0.851. The third kappa shape index (κ3) is 1.85. The van der Waals surface area contributed by atoms with E-state index in [0.29, 0.717) is 12.3 Å². The third-order valence-electron chi connectivity index (χ3n) is 3.42. The van der Waals surface area contributed by atoms with E-state index in [4.69, 9.17) is 0 Å². The van der Waals surface area contributed by atoms with Crippen molar-refractivity contribution in [3.63, 3.8) is 0 Å². The Morgan fingerprint density at radius 2 is 2.32 bits per heavy atom. The van der Waals surface area contributed by atoms with E-state index in [2.05, 4.69) is 11.9 Å². The first-order valence-electron chi connectivity index (χ1n) is 6.16. The molecule has 1 saturated heterocycles. The zero-order valence-electron chi connectivity index (χ0n) is 10.3. The average molecular weight is 274 g/mol. The van der Waals surface area contributed by atoms with Crippen LogP contribution in [0.2, 0.25) is 0 Å². The number of carbonyl (C=O) groups is 2. The highest BCUT2D eigenvalue weighted by atomic mass is 32.2. The maximum atomic E-state index is 12.4. The van der Waals surface area contributed by atoms with Crippen molar-refractivity contribution in [2.24, 2.45) is 0 Å². The summed E-state index contributed by atoms with van der Waals surface area (Å²) in [5, 5.41) is 2.76. The lowest BCUT2D eigenvalue weighted by Gasteiger charge is -2.22. The first-order chi connectivity index (χ1) is 9.24. The van der Waals surface area contributed by atoms with Crippen LogP contribution in [0.4, 0.5) is 0 Å². The van der Waals surface area contributed by atoms with Gasteiger partial charge in [0.15, 0.2) is 0 Å². The van der Waals surface area contributed by atoms with Gasteiger partial charge in [-0.05, 0) is 11.6 Å². The molecule has 2 aliphatic rings. The van der Waals surface area contributed by atoms with Gasteiger partial charge >= 0.3 is 0 Å². The zero-order chi connectivity index (χ0) is 13.4. The smallest absolute Gasteiger partial charge is 0.256 e. The highest BCUT2D eigenvalue weighted by molar-refractivity contribution is 7.99. The molecular formula is C14H14N2O2S. The van der Waals surface area contributed by atoms with Crippen molar-refractivity contribution in [3.05, 3.63) is 48.0 Å². The number of amides is 2. The van der Waals surface area contributed by atoms with Crippen molar-refractivity contribution < 1.29 is 9.59 Å². The normalized spacial score (nSPS) is 24.0. The first kappa shape index (κ1) is 12.3. The van der Waals surface area contributed by atoms with Gasteiger partial charge in [-0.1, -0.05) is 24.3 Å². The highest BCUT2D eigenvalue weighted by Crippen LogP contribution is 2.47. The lowest BCUT2D eigenvalue weighted by molar-refractivity contribution is -0.124. The standard InChI is InChI=1S/C14H14N2O2S/c1-2-7-15-12(17)11-8-19-14-10-6-4-3-5-9(10)13(18)16(11)14/h2-6,11,14H,1,7-8H2,(H,15,17)/t11-,14+/m1/s1. The van der Waals surface area contributed by atoms with Crippen LogP contribution >= 0.6 is 11.8 Å². The minimum Gasteiger partial charge on any atom is -0.351 e. The van der Waals surface area contributed by atoms with Crippen LogP contribution in [0.1, 0.15) is 21.3 Å². The second kappa shape index (κ2) is 4.74. The van der Waals surface area contributed by atoms with Crippen molar-refractivity contribution in [1.29, 1.82) is 0 Å². The Kier molecular flexibility index (Phi) is 3.06. The van der Waals surface area contributed by atoms with Crippen molar-refractivity contribution in [1.82, 2.24) is 10.2 Å². The second-order valence-electron chi connectivity index (χ2n) is 4.53. The Morgan fingerprint density at radius 3 is 3.11 bits per heavy atom. The van der Waals surface area contributed by atoms with Crippen molar-refractivity contribution in [3.8, 4) is 0 Å². The second-order valence-corrected chi connectivity index (χ2v) is 5.65. The van der Waals surface area contributed by atoms with Gasteiger partial charge in [-0.3, -0.25) is 9.59 Å². The maximum Gasteiger partial charge on any atom is 0.256 e. The fraction of sp³-hybridized carbons (Fsp3) is 0.286. The zero-order valence-corrected chi connectivity index (χ0v) is 11.2. The van der Waals surface area contributed by atoms with E-state index in [9.17, 15) is 9.59 Å². The molecule has 0 aromatic heterocycles. The van der Waals surface area contributed by atoms with Gasteiger partial charge in [0, 0.05) is 17.9 Å². The molecule has 2 atom stereocenters. The monoisotopic (exact) mass is 274 g/mol. The Bertz CT molecular complexity index is 558. The molecule has 19 heavy (non-hydrogen) atoms. The number of nitrogens with zero attached hydrogens (tertiary/aromatic N) is 1. The Morgan fingerprint density at radius 1 is 1.53 bits per heavy atom. The molecule has 2 amide bonds. The molecule has 1 N–H and O–H groups in total. The van der Waals surface area contributed by atoms with Gasteiger partial charge in [0.25, 0.3) is 5.91 Å². The fourth-order valence-corrected chi connectivity index (χ4v) is 4.00. The Balaban J connectivity index is 1.86. The predicted molar refractivity (Wildman–Crippen MR) is 74.8 cm³/mol. The summed E-state index contributed by atoms with van der Waals surface area (Å²) in [6.45, 7) is 4.00. The predicted octanol–water partition coefficient (Wildman–Crippen LogP) is 1.56.